The zero-order chi connectivity index (χ0) is 24.0. The molecule has 0 aromatic heterocycles. The van der Waals surface area contributed by atoms with Crippen molar-refractivity contribution in [1.82, 2.24) is 4.90 Å². The van der Waals surface area contributed by atoms with E-state index in [0.29, 0.717) is 28.6 Å². The first-order chi connectivity index (χ1) is 15.8. The third-order valence-electron chi connectivity index (χ3n) is 5.65. The molecule has 33 heavy (non-hydrogen) atoms. The second-order valence-corrected chi connectivity index (χ2v) is 8.53. The summed E-state index contributed by atoms with van der Waals surface area (Å²) in [5.41, 5.74) is 3.36. The number of anilines is 3. The van der Waals surface area contributed by atoms with E-state index < -0.39 is 0 Å². The molecular weight excluding hydrogens is 420 g/mol. The highest BCUT2D eigenvalue weighted by atomic mass is 16.5. The van der Waals surface area contributed by atoms with Crippen molar-refractivity contribution in [3.05, 3.63) is 47.5 Å². The molecule has 1 fully saturated rings. The molecule has 1 heterocycles. The maximum absolute atomic E-state index is 12.8. The molecule has 0 spiro atoms. The lowest BCUT2D eigenvalue weighted by Crippen LogP contribution is -2.39. The SMILES string of the molecule is COc1ccc(NC(C)=O)cc1NC(=O)CNc1ccc(C(=O)N2CCCC(C)C2)cc1C. The lowest BCUT2D eigenvalue weighted by atomic mass is 9.99. The largest absolute Gasteiger partial charge is 0.495 e. The Labute approximate surface area is 194 Å². The first-order valence-corrected chi connectivity index (χ1v) is 11.2. The minimum atomic E-state index is -0.268. The molecule has 0 radical (unpaired) electrons. The zero-order valence-corrected chi connectivity index (χ0v) is 19.7. The van der Waals surface area contributed by atoms with E-state index >= 15 is 0 Å². The second-order valence-electron chi connectivity index (χ2n) is 8.53. The summed E-state index contributed by atoms with van der Waals surface area (Å²) in [4.78, 5) is 38.6. The van der Waals surface area contributed by atoms with Gasteiger partial charge in [-0.3, -0.25) is 14.4 Å². The molecule has 8 heteroatoms. The van der Waals surface area contributed by atoms with Crippen LogP contribution in [0.1, 0.15) is 42.6 Å². The Bertz CT molecular complexity index is 1040. The average Bonchev–Trinajstić information content (AvgIpc) is 2.77. The molecule has 1 unspecified atom stereocenters. The second kappa shape index (κ2) is 10.8. The first-order valence-electron chi connectivity index (χ1n) is 11.2. The van der Waals surface area contributed by atoms with E-state index in [1.165, 1.54) is 14.0 Å². The number of nitrogens with zero attached hydrogens (tertiary/aromatic N) is 1. The number of aryl methyl sites for hydroxylation is 1. The Hall–Kier alpha value is -3.55. The van der Waals surface area contributed by atoms with Crippen LogP contribution in [-0.2, 0) is 9.59 Å². The number of methoxy groups -OCH3 is 1. The van der Waals surface area contributed by atoms with Crippen molar-refractivity contribution in [3.63, 3.8) is 0 Å². The van der Waals surface area contributed by atoms with Gasteiger partial charge in [-0.1, -0.05) is 6.92 Å². The quantitative estimate of drug-likeness (QED) is 0.592. The van der Waals surface area contributed by atoms with Crippen molar-refractivity contribution in [2.45, 2.75) is 33.6 Å². The fraction of sp³-hybridized carbons (Fsp3) is 0.400. The highest BCUT2D eigenvalue weighted by Crippen LogP contribution is 2.28. The van der Waals surface area contributed by atoms with Crippen LogP contribution >= 0.6 is 0 Å². The fourth-order valence-electron chi connectivity index (χ4n) is 4.01. The summed E-state index contributed by atoms with van der Waals surface area (Å²) < 4.78 is 5.30. The van der Waals surface area contributed by atoms with Gasteiger partial charge in [-0.25, -0.2) is 0 Å². The van der Waals surface area contributed by atoms with Gasteiger partial charge in [-0.15, -0.1) is 0 Å². The van der Waals surface area contributed by atoms with Gasteiger partial charge in [0, 0.05) is 37.0 Å². The lowest BCUT2D eigenvalue weighted by molar-refractivity contribution is -0.115. The Kier molecular flexibility index (Phi) is 7.92. The van der Waals surface area contributed by atoms with Crippen LogP contribution in [0.2, 0.25) is 0 Å². The Morgan fingerprint density at radius 2 is 1.88 bits per heavy atom. The minimum Gasteiger partial charge on any atom is -0.495 e. The highest BCUT2D eigenvalue weighted by molar-refractivity contribution is 5.97. The van der Waals surface area contributed by atoms with Crippen molar-refractivity contribution < 1.29 is 19.1 Å². The Morgan fingerprint density at radius 3 is 2.55 bits per heavy atom. The number of nitrogens with one attached hydrogen (secondary N) is 3. The number of rotatable bonds is 7. The van der Waals surface area contributed by atoms with E-state index in [0.717, 1.165) is 37.2 Å². The summed E-state index contributed by atoms with van der Waals surface area (Å²) in [6, 6.07) is 10.5. The summed E-state index contributed by atoms with van der Waals surface area (Å²) in [6.45, 7) is 7.13. The smallest absolute Gasteiger partial charge is 0.253 e. The summed E-state index contributed by atoms with van der Waals surface area (Å²) >= 11 is 0. The van der Waals surface area contributed by atoms with E-state index in [1.54, 1.807) is 24.3 Å². The molecule has 2 aromatic rings. The van der Waals surface area contributed by atoms with Crippen molar-refractivity contribution in [3.8, 4) is 5.75 Å². The zero-order valence-electron chi connectivity index (χ0n) is 19.7. The molecule has 3 amide bonds. The van der Waals surface area contributed by atoms with Crippen molar-refractivity contribution in [1.29, 1.82) is 0 Å². The van der Waals surface area contributed by atoms with Crippen LogP contribution in [0.5, 0.6) is 5.75 Å². The number of benzene rings is 2. The van der Waals surface area contributed by atoms with Gasteiger partial charge >= 0.3 is 0 Å². The maximum Gasteiger partial charge on any atom is 0.253 e. The molecule has 0 aliphatic carbocycles. The normalized spacial score (nSPS) is 15.5. The molecule has 1 atom stereocenters. The first kappa shape index (κ1) is 24.1. The summed E-state index contributed by atoms with van der Waals surface area (Å²) in [5.74, 6) is 0.603. The molecule has 1 saturated heterocycles. The van der Waals surface area contributed by atoms with Crippen LogP contribution in [0.25, 0.3) is 0 Å². The van der Waals surface area contributed by atoms with E-state index in [2.05, 4.69) is 22.9 Å². The van der Waals surface area contributed by atoms with Crippen molar-refractivity contribution in [2.24, 2.45) is 5.92 Å². The summed E-state index contributed by atoms with van der Waals surface area (Å²) in [5, 5.41) is 8.61. The number of carbonyl (C=O) groups excluding carboxylic acids is 3. The maximum atomic E-state index is 12.8. The van der Waals surface area contributed by atoms with Crippen LogP contribution in [0, 0.1) is 12.8 Å². The van der Waals surface area contributed by atoms with Crippen LogP contribution < -0.4 is 20.7 Å². The number of piperidine rings is 1. The molecule has 3 rings (SSSR count). The number of hydrogen-bond acceptors (Lipinski definition) is 5. The number of likely N-dealkylation sites (tertiary alicyclic amines) is 1. The van der Waals surface area contributed by atoms with Crippen LogP contribution in [0.4, 0.5) is 17.1 Å². The average molecular weight is 453 g/mol. The van der Waals surface area contributed by atoms with E-state index in [-0.39, 0.29) is 24.3 Å². The Morgan fingerprint density at radius 1 is 1.09 bits per heavy atom. The molecule has 176 valence electrons. The molecule has 0 saturated carbocycles. The molecular formula is C25H32N4O4. The molecule has 1 aliphatic heterocycles. The predicted octanol–water partition coefficient (Wildman–Crippen LogP) is 3.88. The fourth-order valence-corrected chi connectivity index (χ4v) is 4.01. The van der Waals surface area contributed by atoms with Crippen molar-refractivity contribution >= 4 is 34.8 Å². The summed E-state index contributed by atoms with van der Waals surface area (Å²) in [6.07, 6.45) is 2.20. The van der Waals surface area contributed by atoms with Gasteiger partial charge in [-0.05, 0) is 67.6 Å². The van der Waals surface area contributed by atoms with E-state index in [9.17, 15) is 14.4 Å². The number of carbonyl (C=O) groups is 3. The number of ether oxygens (including phenoxy) is 1. The van der Waals surface area contributed by atoms with Gasteiger partial charge in [0.1, 0.15) is 5.75 Å². The van der Waals surface area contributed by atoms with Gasteiger partial charge in [0.15, 0.2) is 0 Å². The van der Waals surface area contributed by atoms with Crippen LogP contribution in [0.15, 0.2) is 36.4 Å². The third kappa shape index (κ3) is 6.47. The van der Waals surface area contributed by atoms with E-state index in [1.807, 2.05) is 24.0 Å². The topological polar surface area (TPSA) is 99.8 Å². The highest BCUT2D eigenvalue weighted by Gasteiger charge is 2.22. The molecule has 0 bridgehead atoms. The van der Waals surface area contributed by atoms with Gasteiger partial charge in [0.25, 0.3) is 5.91 Å². The third-order valence-corrected chi connectivity index (χ3v) is 5.65. The monoisotopic (exact) mass is 452 g/mol. The van der Waals surface area contributed by atoms with Gasteiger partial charge in [-0.2, -0.15) is 0 Å². The lowest BCUT2D eigenvalue weighted by Gasteiger charge is -2.31. The van der Waals surface area contributed by atoms with Gasteiger partial charge in [0.2, 0.25) is 11.8 Å². The summed E-state index contributed by atoms with van der Waals surface area (Å²) in [7, 11) is 1.51. The van der Waals surface area contributed by atoms with E-state index in [4.69, 9.17) is 4.74 Å². The van der Waals surface area contributed by atoms with Gasteiger partial charge in [0.05, 0.1) is 19.3 Å². The molecule has 8 nitrogen and oxygen atoms in total. The molecule has 1 aliphatic rings. The predicted molar refractivity (Wildman–Crippen MR) is 130 cm³/mol. The Balaban J connectivity index is 1.61. The van der Waals surface area contributed by atoms with Gasteiger partial charge < -0.3 is 25.6 Å². The van der Waals surface area contributed by atoms with Crippen molar-refractivity contribution in [2.75, 3.05) is 42.7 Å². The number of amides is 3. The number of hydrogen-bond donors (Lipinski definition) is 3. The standard InChI is InChI=1S/C25H32N4O4/c1-16-6-5-11-29(15-16)25(32)19-7-9-21(17(2)12-19)26-14-24(31)28-22-13-20(27-18(3)30)8-10-23(22)33-4/h7-10,12-13,16,26H,5-6,11,14-15H2,1-4H3,(H,27,30)(H,28,31). The molecule has 3 N–H and O–H groups in total. The van der Waals surface area contributed by atoms with Crippen LogP contribution in [-0.4, -0.2) is 49.4 Å². The van der Waals surface area contributed by atoms with Crippen LogP contribution in [0.3, 0.4) is 0 Å². The molecule has 2 aromatic carbocycles. The minimum absolute atomic E-state index is 0.0330.